The average molecular weight is 507 g/mol. The van der Waals surface area contributed by atoms with Gasteiger partial charge in [-0.2, -0.15) is 9.29 Å². The van der Waals surface area contributed by atoms with Crippen LogP contribution in [0, 0.1) is 19.8 Å². The molecule has 1 aromatic carbocycles. The molecule has 34 heavy (non-hydrogen) atoms. The van der Waals surface area contributed by atoms with E-state index in [0.717, 1.165) is 0 Å². The molecular formula is C22H26N4O6S2. The van der Waals surface area contributed by atoms with Gasteiger partial charge >= 0.3 is 0 Å². The molecule has 1 fully saturated rings. The van der Waals surface area contributed by atoms with E-state index in [2.05, 4.69) is 15.5 Å². The first-order chi connectivity index (χ1) is 16.2. The van der Waals surface area contributed by atoms with Crippen molar-refractivity contribution in [3.05, 3.63) is 35.0 Å². The van der Waals surface area contributed by atoms with E-state index in [1.807, 2.05) is 0 Å². The third kappa shape index (κ3) is 4.79. The molecule has 2 aromatic heterocycles. The molecule has 0 unspecified atom stereocenters. The molecule has 1 saturated heterocycles. The minimum atomic E-state index is -3.79. The van der Waals surface area contributed by atoms with Crippen molar-refractivity contribution in [2.75, 3.05) is 32.6 Å². The molecule has 3 aromatic rings. The Morgan fingerprint density at radius 3 is 2.65 bits per heavy atom. The number of methoxy groups -OCH3 is 2. The third-order valence-corrected chi connectivity index (χ3v) is 8.81. The van der Waals surface area contributed by atoms with Crippen molar-refractivity contribution < 1.29 is 27.2 Å². The fraction of sp³-hybridized carbons (Fsp3) is 0.409. The fourth-order valence-corrected chi connectivity index (χ4v) is 6.91. The molecule has 1 amide bonds. The smallest absolute Gasteiger partial charge is 0.244 e. The number of aromatic nitrogens is 2. The molecule has 1 N–H and O–H groups in total. The van der Waals surface area contributed by atoms with Gasteiger partial charge in [0, 0.05) is 36.6 Å². The van der Waals surface area contributed by atoms with Gasteiger partial charge in [-0.05, 0) is 38.0 Å². The number of nitrogens with zero attached hydrogens (tertiary/aromatic N) is 3. The minimum Gasteiger partial charge on any atom is -0.493 e. The summed E-state index contributed by atoms with van der Waals surface area (Å²) in [5, 5.41) is 6.75. The van der Waals surface area contributed by atoms with E-state index in [9.17, 15) is 13.2 Å². The lowest BCUT2D eigenvalue weighted by Gasteiger charge is -2.31. The highest BCUT2D eigenvalue weighted by atomic mass is 32.2. The second-order valence-electron chi connectivity index (χ2n) is 7.93. The second kappa shape index (κ2) is 9.72. The molecule has 1 aliphatic heterocycles. The molecule has 0 radical (unpaired) electrons. The Balaban J connectivity index is 1.50. The first-order valence-corrected chi connectivity index (χ1v) is 12.9. The van der Waals surface area contributed by atoms with Crippen LogP contribution in [0.25, 0.3) is 10.7 Å². The van der Waals surface area contributed by atoms with Gasteiger partial charge in [-0.3, -0.25) is 4.79 Å². The number of anilines is 1. The predicted octanol–water partition coefficient (Wildman–Crippen LogP) is 3.47. The summed E-state index contributed by atoms with van der Waals surface area (Å²) in [7, 11) is -0.736. The molecule has 0 saturated carbocycles. The first-order valence-electron chi connectivity index (χ1n) is 10.7. The molecular weight excluding hydrogens is 480 g/mol. The maximum Gasteiger partial charge on any atom is 0.244 e. The first kappa shape index (κ1) is 24.2. The summed E-state index contributed by atoms with van der Waals surface area (Å²) >= 11 is 1.29. The van der Waals surface area contributed by atoms with Crippen LogP contribution in [0.2, 0.25) is 0 Å². The topological polar surface area (TPSA) is 124 Å². The summed E-state index contributed by atoms with van der Waals surface area (Å²) < 4.78 is 43.8. The van der Waals surface area contributed by atoms with Crippen LogP contribution in [-0.4, -0.2) is 56.1 Å². The van der Waals surface area contributed by atoms with E-state index in [1.165, 1.54) is 29.9 Å². The Bertz CT molecular complexity index is 1300. The standard InChI is InChI=1S/C22H26N4O6S2/c1-13-20(11-19(33-13)21-23-14(2)32-25-21)34(28,29)26-9-5-6-15(12-26)22(27)24-16-7-8-17(30-3)18(10-16)31-4/h7-8,10-11,15H,5-6,9,12H2,1-4H3,(H,24,27)/t15-/m0/s1. The van der Waals surface area contributed by atoms with E-state index < -0.39 is 15.9 Å². The van der Waals surface area contributed by atoms with Crippen LogP contribution in [0.15, 0.2) is 33.7 Å². The number of aryl methyl sites for hydroxylation is 2. The maximum atomic E-state index is 13.4. The highest BCUT2D eigenvalue weighted by Crippen LogP contribution is 2.35. The maximum absolute atomic E-state index is 13.4. The van der Waals surface area contributed by atoms with Crippen LogP contribution >= 0.6 is 11.3 Å². The van der Waals surface area contributed by atoms with Crippen molar-refractivity contribution in [3.8, 4) is 22.2 Å². The number of ether oxygens (including phenoxy) is 2. The molecule has 12 heteroatoms. The Morgan fingerprint density at radius 1 is 1.21 bits per heavy atom. The highest BCUT2D eigenvalue weighted by Gasteiger charge is 2.35. The number of thiophene rings is 1. The molecule has 4 rings (SSSR count). The van der Waals surface area contributed by atoms with Gasteiger partial charge in [-0.25, -0.2) is 8.42 Å². The quantitative estimate of drug-likeness (QED) is 0.517. The molecule has 3 heterocycles. The zero-order valence-electron chi connectivity index (χ0n) is 19.3. The van der Waals surface area contributed by atoms with E-state index in [0.29, 0.717) is 58.0 Å². The summed E-state index contributed by atoms with van der Waals surface area (Å²) in [6, 6.07) is 6.66. The SMILES string of the molecule is COc1ccc(NC(=O)[C@H]2CCCN(S(=O)(=O)c3cc(-c4noc(C)n4)sc3C)C2)cc1OC. The molecule has 1 aliphatic rings. The van der Waals surface area contributed by atoms with E-state index >= 15 is 0 Å². The summed E-state index contributed by atoms with van der Waals surface area (Å²) in [6.45, 7) is 3.89. The van der Waals surface area contributed by atoms with Crippen molar-refractivity contribution in [1.82, 2.24) is 14.4 Å². The van der Waals surface area contributed by atoms with Gasteiger partial charge < -0.3 is 19.3 Å². The fourth-order valence-electron chi connectivity index (χ4n) is 3.90. The summed E-state index contributed by atoms with van der Waals surface area (Å²) in [6.07, 6.45) is 1.18. The van der Waals surface area contributed by atoms with E-state index in [4.69, 9.17) is 14.0 Å². The largest absolute Gasteiger partial charge is 0.493 e. The molecule has 182 valence electrons. The molecule has 10 nitrogen and oxygen atoms in total. The predicted molar refractivity (Wildman–Crippen MR) is 127 cm³/mol. The van der Waals surface area contributed by atoms with Gasteiger partial charge in [-0.15, -0.1) is 11.3 Å². The van der Waals surface area contributed by atoms with E-state index in [1.54, 1.807) is 38.1 Å². The van der Waals surface area contributed by atoms with Crippen molar-refractivity contribution in [3.63, 3.8) is 0 Å². The Labute approximate surface area is 201 Å². The van der Waals surface area contributed by atoms with Crippen LogP contribution in [0.1, 0.15) is 23.6 Å². The molecule has 0 bridgehead atoms. The highest BCUT2D eigenvalue weighted by molar-refractivity contribution is 7.89. The Hall–Kier alpha value is -2.96. The number of piperidine rings is 1. The Kier molecular flexibility index (Phi) is 6.91. The molecule has 0 aliphatic carbocycles. The lowest BCUT2D eigenvalue weighted by molar-refractivity contribution is -0.120. The van der Waals surface area contributed by atoms with Crippen LogP contribution in [0.5, 0.6) is 11.5 Å². The lowest BCUT2D eigenvalue weighted by Crippen LogP contribution is -2.43. The normalized spacial score (nSPS) is 16.9. The van der Waals surface area contributed by atoms with Crippen molar-refractivity contribution >= 4 is 33.0 Å². The van der Waals surface area contributed by atoms with Crippen LogP contribution < -0.4 is 14.8 Å². The number of carbonyl (C=O) groups excluding carboxylic acids is 1. The number of carbonyl (C=O) groups is 1. The van der Waals surface area contributed by atoms with Gasteiger partial charge in [0.05, 0.1) is 29.9 Å². The Morgan fingerprint density at radius 2 is 1.97 bits per heavy atom. The van der Waals surface area contributed by atoms with Gasteiger partial charge in [-0.1, -0.05) is 5.16 Å². The summed E-state index contributed by atoms with van der Waals surface area (Å²) in [5.74, 6) is 1.10. The van der Waals surface area contributed by atoms with Crippen molar-refractivity contribution in [2.45, 2.75) is 31.6 Å². The number of sulfonamides is 1. The van der Waals surface area contributed by atoms with Gasteiger partial charge in [0.15, 0.2) is 11.5 Å². The van der Waals surface area contributed by atoms with Crippen molar-refractivity contribution in [1.29, 1.82) is 0 Å². The average Bonchev–Trinajstić information content (AvgIpc) is 3.44. The van der Waals surface area contributed by atoms with Crippen LogP contribution in [-0.2, 0) is 14.8 Å². The van der Waals surface area contributed by atoms with E-state index in [-0.39, 0.29) is 17.3 Å². The zero-order valence-corrected chi connectivity index (χ0v) is 21.0. The zero-order chi connectivity index (χ0) is 24.5. The number of benzene rings is 1. The molecule has 0 spiro atoms. The number of hydrogen-bond donors (Lipinski definition) is 1. The summed E-state index contributed by atoms with van der Waals surface area (Å²) in [5.41, 5.74) is 0.552. The van der Waals surface area contributed by atoms with Gasteiger partial charge in [0.2, 0.25) is 27.6 Å². The number of amides is 1. The molecule has 1 atom stereocenters. The number of hydrogen-bond acceptors (Lipinski definition) is 9. The number of rotatable bonds is 7. The van der Waals surface area contributed by atoms with Crippen LogP contribution in [0.3, 0.4) is 0 Å². The van der Waals surface area contributed by atoms with Gasteiger partial charge in [0.1, 0.15) is 0 Å². The van der Waals surface area contributed by atoms with Crippen LogP contribution in [0.4, 0.5) is 5.69 Å². The summed E-state index contributed by atoms with van der Waals surface area (Å²) in [4.78, 5) is 18.6. The van der Waals surface area contributed by atoms with Crippen molar-refractivity contribution in [2.24, 2.45) is 5.92 Å². The number of nitrogens with one attached hydrogen (secondary N) is 1. The second-order valence-corrected chi connectivity index (χ2v) is 11.1. The van der Waals surface area contributed by atoms with Gasteiger partial charge in [0.25, 0.3) is 0 Å². The lowest BCUT2D eigenvalue weighted by atomic mass is 9.98. The minimum absolute atomic E-state index is 0.105. The third-order valence-electron chi connectivity index (χ3n) is 5.64. The monoisotopic (exact) mass is 506 g/mol.